The molecular formula is C55H70MgN4O5. The van der Waals surface area contributed by atoms with Crippen LogP contribution in [0.15, 0.2) is 108 Å². The predicted molar refractivity (Wildman–Crippen MR) is 265 cm³/mol. The van der Waals surface area contributed by atoms with Gasteiger partial charge in [0, 0.05) is 12.0 Å². The summed E-state index contributed by atoms with van der Waals surface area (Å²) in [4.78, 5) is 47.3. The third-order valence-electron chi connectivity index (χ3n) is 13.8. The summed E-state index contributed by atoms with van der Waals surface area (Å²) in [6.07, 6.45) is 22.1. The summed E-state index contributed by atoms with van der Waals surface area (Å²) in [5.74, 6) is -0.331. The van der Waals surface area contributed by atoms with Crippen LogP contribution < -0.4 is 20.8 Å². The summed E-state index contributed by atoms with van der Waals surface area (Å²) >= 11 is 0. The van der Waals surface area contributed by atoms with E-state index < -0.39 is 11.9 Å². The Morgan fingerprint density at radius 2 is 1.51 bits per heavy atom. The smallest absolute Gasteiger partial charge is 0.874 e. The van der Waals surface area contributed by atoms with E-state index in [1.807, 2.05) is 51.2 Å². The molecule has 65 heavy (non-hydrogen) atoms. The monoisotopic (exact) mass is 891 g/mol. The van der Waals surface area contributed by atoms with Crippen molar-refractivity contribution in [1.29, 1.82) is 0 Å². The minimum absolute atomic E-state index is 0. The number of nitrogens with zero attached hydrogens (tertiary/aromatic N) is 4. The fourth-order valence-electron chi connectivity index (χ4n) is 9.70. The van der Waals surface area contributed by atoms with Gasteiger partial charge in [-0.15, -0.1) is 16.5 Å². The Labute approximate surface area is 404 Å². The molecule has 4 aliphatic heterocycles. The summed E-state index contributed by atoms with van der Waals surface area (Å²) in [5.41, 5.74) is 12.3. The first-order valence-corrected chi connectivity index (χ1v) is 23.7. The van der Waals surface area contributed by atoms with E-state index in [1.54, 1.807) is 0 Å². The zero-order valence-corrected chi connectivity index (χ0v) is 42.5. The Bertz CT molecular complexity index is 2530. The summed E-state index contributed by atoms with van der Waals surface area (Å²) < 4.78 is 11.0. The molecule has 0 spiro atoms. The van der Waals surface area contributed by atoms with Gasteiger partial charge in [-0.05, 0) is 130 Å². The molecule has 0 fully saturated rings. The summed E-state index contributed by atoms with van der Waals surface area (Å²) in [5, 5.41) is 15.4. The minimum Gasteiger partial charge on any atom is -0.874 e. The molecule has 0 aromatic carbocycles. The molecule has 0 radical (unpaired) electrons. The van der Waals surface area contributed by atoms with Crippen LogP contribution in [0.4, 0.5) is 0 Å². The molecular weight excluding hydrogens is 821 g/mol. The van der Waals surface area contributed by atoms with Gasteiger partial charge in [0.1, 0.15) is 6.61 Å². The number of ether oxygens (including phenoxy) is 2. The molecule has 0 N–H and O–H groups in total. The number of hydrogen-bond acceptors (Lipinski definition) is 8. The van der Waals surface area contributed by atoms with E-state index >= 15 is 0 Å². The number of carbonyl (C=O) groups excluding carboxylic acids is 2. The summed E-state index contributed by atoms with van der Waals surface area (Å²) in [6.45, 7) is 25.8. The normalized spacial score (nSPS) is 19.0. The van der Waals surface area contributed by atoms with Crippen molar-refractivity contribution in [2.75, 3.05) is 13.7 Å². The minimum atomic E-state index is -1.25. The first-order valence-electron chi connectivity index (χ1n) is 23.7. The van der Waals surface area contributed by atoms with Crippen molar-refractivity contribution in [2.45, 2.75) is 146 Å². The van der Waals surface area contributed by atoms with E-state index in [0.717, 1.165) is 87.3 Å². The van der Waals surface area contributed by atoms with Gasteiger partial charge in [-0.25, -0.2) is 15.0 Å². The second-order valence-electron chi connectivity index (χ2n) is 19.0. The van der Waals surface area contributed by atoms with Gasteiger partial charge in [0.15, 0.2) is 0 Å². The zero-order chi connectivity index (χ0) is 46.4. The van der Waals surface area contributed by atoms with Crippen molar-refractivity contribution >= 4 is 63.8 Å². The molecule has 1 aromatic heterocycles. The number of aliphatic imine (C=N–C) groups is 3. The van der Waals surface area contributed by atoms with Crippen molar-refractivity contribution in [3.63, 3.8) is 0 Å². The van der Waals surface area contributed by atoms with Crippen molar-refractivity contribution in [3.8, 4) is 0 Å². The number of aromatic nitrogens is 1. The maximum atomic E-state index is 14.3. The van der Waals surface area contributed by atoms with Gasteiger partial charge < -0.3 is 19.6 Å². The van der Waals surface area contributed by atoms with E-state index in [-0.39, 0.29) is 54.2 Å². The number of allylic oxidation sites excluding steroid dienone is 9. The molecule has 0 saturated heterocycles. The molecule has 10 heteroatoms. The third kappa shape index (κ3) is 11.5. The maximum absolute atomic E-state index is 14.3. The van der Waals surface area contributed by atoms with Crippen molar-refractivity contribution in [3.05, 3.63) is 115 Å². The van der Waals surface area contributed by atoms with E-state index in [4.69, 9.17) is 29.4 Å². The molecule has 2 unspecified atom stereocenters. The van der Waals surface area contributed by atoms with Crippen LogP contribution in [0.5, 0.6) is 0 Å². The summed E-state index contributed by atoms with van der Waals surface area (Å²) in [7, 11) is 1.28. The number of hydrogen-bond donors (Lipinski definition) is 0. The molecule has 5 aliphatic rings. The first kappa shape index (κ1) is 51.4. The number of rotatable bonds is 20. The molecule has 3 atom stereocenters. The third-order valence-corrected chi connectivity index (χ3v) is 13.8. The molecule has 1 aliphatic carbocycles. The van der Waals surface area contributed by atoms with Crippen LogP contribution in [0.25, 0.3) is 11.6 Å². The average molecular weight is 891 g/mol. The van der Waals surface area contributed by atoms with Crippen LogP contribution in [-0.4, -0.2) is 65.8 Å². The molecule has 0 amide bonds. The number of esters is 2. The Morgan fingerprint density at radius 1 is 0.862 bits per heavy atom. The van der Waals surface area contributed by atoms with Gasteiger partial charge in [-0.1, -0.05) is 115 Å². The Hall–Kier alpha value is -4.54. The van der Waals surface area contributed by atoms with Crippen LogP contribution in [-0.2, 0) is 25.5 Å². The summed E-state index contributed by atoms with van der Waals surface area (Å²) in [6, 6.07) is 0. The van der Waals surface area contributed by atoms with Crippen LogP contribution in [0.2, 0.25) is 0 Å². The maximum Gasteiger partial charge on any atom is 2.00 e. The van der Waals surface area contributed by atoms with Gasteiger partial charge >= 0.3 is 35.0 Å². The van der Waals surface area contributed by atoms with Gasteiger partial charge in [0.2, 0.25) is 0 Å². The fourth-order valence-corrected chi connectivity index (χ4v) is 9.70. The van der Waals surface area contributed by atoms with Crippen LogP contribution >= 0.6 is 0 Å². The van der Waals surface area contributed by atoms with Crippen LogP contribution in [0, 0.1) is 30.6 Å². The second-order valence-corrected chi connectivity index (χ2v) is 19.0. The Morgan fingerprint density at radius 3 is 2.15 bits per heavy atom. The van der Waals surface area contributed by atoms with E-state index in [9.17, 15) is 14.7 Å². The van der Waals surface area contributed by atoms with Gasteiger partial charge in [-0.3, -0.25) is 9.59 Å². The van der Waals surface area contributed by atoms with Gasteiger partial charge in [-0.2, -0.15) is 0 Å². The van der Waals surface area contributed by atoms with Crippen LogP contribution in [0.1, 0.15) is 144 Å². The quantitative estimate of drug-likeness (QED) is 0.0730. The first-order chi connectivity index (χ1) is 30.6. The van der Waals surface area contributed by atoms with E-state index in [1.165, 1.54) is 57.6 Å². The van der Waals surface area contributed by atoms with Crippen molar-refractivity contribution in [1.82, 2.24) is 4.98 Å². The second kappa shape index (κ2) is 22.8. The molecule has 8 bridgehead atoms. The van der Waals surface area contributed by atoms with Crippen LogP contribution in [0.3, 0.4) is 0 Å². The molecule has 1 aromatic rings. The SMILES string of the molecule is C=CC1=C(C)C2=NC1=CC1=NC(=CC3=C(C)C4=C([O-])[C@H](C(=O)OC)C(=c5[n-]c(c(C)c5CCC(=O)OC/C=C(\C)CCCC(C)CCCC(C)CCCC(C)C)=C2)C4=N3)C(CC)=C1C.[Mg+2]. The van der Waals surface area contributed by atoms with Gasteiger partial charge in [0.25, 0.3) is 0 Å². The Kier molecular flexibility index (Phi) is 18.0. The fraction of sp³-hybridized carbons (Fsp3) is 0.509. The molecule has 342 valence electrons. The zero-order valence-electron chi connectivity index (χ0n) is 41.1. The average Bonchev–Trinajstić information content (AvgIpc) is 3.99. The van der Waals surface area contributed by atoms with E-state index in [2.05, 4.69) is 55.0 Å². The molecule has 9 nitrogen and oxygen atoms in total. The van der Waals surface area contributed by atoms with Crippen molar-refractivity contribution in [2.24, 2.45) is 38.6 Å². The largest absolute Gasteiger partial charge is 2.00 e. The molecule has 6 rings (SSSR count). The number of fused-ring (bicyclic) bond motifs is 5. The predicted octanol–water partition coefficient (Wildman–Crippen LogP) is 9.43. The Balaban J connectivity index is 0.00000793. The van der Waals surface area contributed by atoms with E-state index in [0.29, 0.717) is 44.7 Å². The topological polar surface area (TPSA) is 127 Å². The molecule has 5 heterocycles. The van der Waals surface area contributed by atoms with Crippen molar-refractivity contribution < 1.29 is 24.2 Å². The number of carbonyl (C=O) groups is 2. The molecule has 0 saturated carbocycles. The standard InChI is InChI=1S/C55H71N4O5.Mg/c1-13-39-35(8)42-28-44-37(10)41(24-25-48(60)64-27-26-34(7)23-17-22-33(6)21-16-20-32(5)19-15-18-31(3)4)52(58-44)50-51(55(62)63-12)54(61)49-38(11)45(59-53(49)50)30-47-40(14-2)36(9)43(57-47)29-46(39)56-42;/h13,26,28-33,51H,1,14-25,27H2,2-12H3,(H-,56,57,58,59,61);/q-1;+2/p-1/b34-26+,42-28?,43-29?,44-28?,45-30?,46-29?,47-30?,52-50?;/t32?,33?,51-;/m1./s1. The van der Waals surface area contributed by atoms with Gasteiger partial charge in [0.05, 0.1) is 47.3 Å². The number of methoxy groups -OCH3 is 1.